The Morgan fingerprint density at radius 2 is 1.92 bits per heavy atom. The second kappa shape index (κ2) is 6.05. The third-order valence-corrected chi connectivity index (χ3v) is 2.09. The van der Waals surface area contributed by atoms with Crippen LogP contribution < -0.4 is 0 Å². The Kier molecular flexibility index (Phi) is 5.79. The molecule has 2 N–H and O–H groups in total. The molecular weight excluding hydrogens is 152 g/mol. The summed E-state index contributed by atoms with van der Waals surface area (Å²) in [6.45, 7) is 3.86. The van der Waals surface area contributed by atoms with E-state index >= 15 is 0 Å². The summed E-state index contributed by atoms with van der Waals surface area (Å²) >= 11 is 0. The lowest BCUT2D eigenvalue weighted by Gasteiger charge is -2.23. The van der Waals surface area contributed by atoms with Crippen molar-refractivity contribution in [3.63, 3.8) is 0 Å². The maximum absolute atomic E-state index is 9.47. The number of hydrogen-bond acceptors (Lipinski definition) is 2. The third-order valence-electron chi connectivity index (χ3n) is 2.09. The first-order chi connectivity index (χ1) is 5.67. The first-order valence-electron chi connectivity index (χ1n) is 4.45. The van der Waals surface area contributed by atoms with Gasteiger partial charge in [0, 0.05) is 5.92 Å². The molecule has 3 atom stereocenters. The molecule has 2 heteroatoms. The van der Waals surface area contributed by atoms with E-state index in [1.165, 1.54) is 0 Å². The molecule has 0 saturated carbocycles. The van der Waals surface area contributed by atoms with Crippen LogP contribution in [0.5, 0.6) is 0 Å². The topological polar surface area (TPSA) is 40.5 Å². The van der Waals surface area contributed by atoms with Gasteiger partial charge >= 0.3 is 0 Å². The minimum Gasteiger partial charge on any atom is -0.393 e. The van der Waals surface area contributed by atoms with Crippen LogP contribution in [0.4, 0.5) is 0 Å². The van der Waals surface area contributed by atoms with Crippen LogP contribution in [0.15, 0.2) is 0 Å². The van der Waals surface area contributed by atoms with Gasteiger partial charge in [-0.3, -0.25) is 0 Å². The minimum atomic E-state index is -0.917. The normalized spacial score (nSPS) is 17.9. The molecule has 1 radical (unpaired) electrons. The highest BCUT2D eigenvalue weighted by atomic mass is 16.3. The van der Waals surface area contributed by atoms with E-state index in [0.717, 1.165) is 12.8 Å². The molecule has 0 saturated heterocycles. The Labute approximate surface area is 74.6 Å². The van der Waals surface area contributed by atoms with E-state index in [0.29, 0.717) is 6.42 Å². The Hall–Kier alpha value is -0.520. The van der Waals surface area contributed by atoms with Crippen molar-refractivity contribution in [2.75, 3.05) is 0 Å². The average molecular weight is 169 g/mol. The van der Waals surface area contributed by atoms with Gasteiger partial charge in [-0.15, -0.1) is 0 Å². The zero-order valence-electron chi connectivity index (χ0n) is 7.75. The molecule has 0 aromatic rings. The van der Waals surface area contributed by atoms with E-state index in [2.05, 4.69) is 0 Å². The molecule has 0 fully saturated rings. The van der Waals surface area contributed by atoms with Crippen LogP contribution in [0.25, 0.3) is 0 Å². The highest BCUT2D eigenvalue weighted by molar-refractivity contribution is 4.93. The van der Waals surface area contributed by atoms with Crippen molar-refractivity contribution in [1.82, 2.24) is 0 Å². The minimum absolute atomic E-state index is 0.225. The highest BCUT2D eigenvalue weighted by Gasteiger charge is 2.23. The van der Waals surface area contributed by atoms with E-state index in [-0.39, 0.29) is 5.92 Å². The maximum atomic E-state index is 9.47. The lowest BCUT2D eigenvalue weighted by molar-refractivity contribution is 0.0320. The Morgan fingerprint density at radius 1 is 1.33 bits per heavy atom. The van der Waals surface area contributed by atoms with Crippen molar-refractivity contribution in [3.8, 4) is 5.92 Å². The van der Waals surface area contributed by atoms with E-state index < -0.39 is 12.2 Å². The number of aliphatic hydroxyl groups is 2. The van der Waals surface area contributed by atoms with Gasteiger partial charge in [-0.2, -0.15) is 0 Å². The van der Waals surface area contributed by atoms with Gasteiger partial charge in [-0.1, -0.05) is 26.2 Å². The van der Waals surface area contributed by atoms with Crippen LogP contribution in [0.1, 0.15) is 33.1 Å². The molecule has 0 aromatic heterocycles. The summed E-state index contributed by atoms with van der Waals surface area (Å²) in [5.41, 5.74) is 0. The van der Waals surface area contributed by atoms with Crippen LogP contribution in [0.2, 0.25) is 0 Å². The second-order valence-electron chi connectivity index (χ2n) is 3.02. The monoisotopic (exact) mass is 169 g/mol. The summed E-state index contributed by atoms with van der Waals surface area (Å²) in [5.74, 6) is 1.79. The van der Waals surface area contributed by atoms with Gasteiger partial charge in [-0.05, 0) is 19.3 Å². The van der Waals surface area contributed by atoms with Crippen molar-refractivity contribution in [2.45, 2.75) is 45.3 Å². The molecule has 12 heavy (non-hydrogen) atoms. The third kappa shape index (κ3) is 3.25. The van der Waals surface area contributed by atoms with E-state index in [1.54, 1.807) is 0 Å². The molecule has 0 aliphatic rings. The molecule has 0 amide bonds. The first kappa shape index (κ1) is 11.5. The van der Waals surface area contributed by atoms with Gasteiger partial charge in [0.25, 0.3) is 0 Å². The predicted octanol–water partition coefficient (Wildman–Crippen LogP) is 1.12. The molecule has 0 aliphatic carbocycles. The zero-order valence-corrected chi connectivity index (χ0v) is 7.75. The van der Waals surface area contributed by atoms with Gasteiger partial charge in [0.15, 0.2) is 0 Å². The average Bonchev–Trinajstić information content (AvgIpc) is 2.11. The van der Waals surface area contributed by atoms with Gasteiger partial charge < -0.3 is 10.2 Å². The molecule has 0 rings (SSSR count). The lowest BCUT2D eigenvalue weighted by atomic mass is 9.90. The highest BCUT2D eigenvalue weighted by Crippen LogP contribution is 2.18. The second-order valence-corrected chi connectivity index (χ2v) is 3.02. The van der Waals surface area contributed by atoms with Crippen LogP contribution >= 0.6 is 0 Å². The van der Waals surface area contributed by atoms with Crippen LogP contribution in [-0.4, -0.2) is 22.4 Å². The van der Waals surface area contributed by atoms with Crippen LogP contribution in [-0.2, 0) is 0 Å². The van der Waals surface area contributed by atoms with Gasteiger partial charge in [0.2, 0.25) is 0 Å². The van der Waals surface area contributed by atoms with E-state index in [4.69, 9.17) is 6.42 Å². The summed E-state index contributed by atoms with van der Waals surface area (Å²) < 4.78 is 0. The van der Waals surface area contributed by atoms with Crippen molar-refractivity contribution in [1.29, 1.82) is 0 Å². The molecule has 0 aliphatic heterocycles. The Balaban J connectivity index is 4.13. The fourth-order valence-corrected chi connectivity index (χ4v) is 1.30. The molecule has 0 heterocycles. The molecule has 2 nitrogen and oxygen atoms in total. The molecule has 69 valence electrons. The Morgan fingerprint density at radius 3 is 2.25 bits per heavy atom. The zero-order chi connectivity index (χ0) is 9.56. The molecule has 3 unspecified atom stereocenters. The fraction of sp³-hybridized carbons (Fsp3) is 0.800. The largest absolute Gasteiger partial charge is 0.393 e. The van der Waals surface area contributed by atoms with Crippen LogP contribution in [0.3, 0.4) is 0 Å². The summed E-state index contributed by atoms with van der Waals surface area (Å²) in [5, 5.41) is 18.8. The maximum Gasteiger partial charge on any atom is 0.121 e. The van der Waals surface area contributed by atoms with Crippen molar-refractivity contribution in [2.24, 2.45) is 5.92 Å². The van der Waals surface area contributed by atoms with Gasteiger partial charge in [0.1, 0.15) is 6.10 Å². The predicted molar refractivity (Wildman–Crippen MR) is 47.8 cm³/mol. The van der Waals surface area contributed by atoms with Crippen molar-refractivity contribution >= 4 is 0 Å². The van der Waals surface area contributed by atoms with Gasteiger partial charge in [-0.25, -0.2) is 0 Å². The molecule has 0 bridgehead atoms. The fourth-order valence-electron chi connectivity index (χ4n) is 1.30. The van der Waals surface area contributed by atoms with E-state index in [1.807, 2.05) is 19.8 Å². The number of rotatable bonds is 5. The van der Waals surface area contributed by atoms with E-state index in [9.17, 15) is 10.2 Å². The summed E-state index contributed by atoms with van der Waals surface area (Å²) in [7, 11) is 0. The molecular formula is C10H17O2. The first-order valence-corrected chi connectivity index (χ1v) is 4.45. The lowest BCUT2D eigenvalue weighted by Crippen LogP contribution is -2.30. The van der Waals surface area contributed by atoms with Gasteiger partial charge in [0.05, 0.1) is 6.10 Å². The SMILES string of the molecule is [C]#CC(O)C(CCC)C(O)CC. The Bertz CT molecular complexity index is 148. The summed E-state index contributed by atoms with van der Waals surface area (Å²) in [6, 6.07) is 0. The summed E-state index contributed by atoms with van der Waals surface area (Å²) in [6.07, 6.45) is 7.60. The van der Waals surface area contributed by atoms with Crippen LogP contribution in [0, 0.1) is 18.3 Å². The standard InChI is InChI=1S/C10H17O2/c1-4-7-8(9(11)5-2)10(12)6-3/h8-12H,4-5,7H2,1-2H3. The smallest absolute Gasteiger partial charge is 0.121 e. The number of aliphatic hydroxyl groups excluding tert-OH is 2. The summed E-state index contributed by atoms with van der Waals surface area (Å²) in [4.78, 5) is 0. The van der Waals surface area contributed by atoms with Crippen molar-refractivity contribution in [3.05, 3.63) is 6.42 Å². The molecule has 0 spiro atoms. The van der Waals surface area contributed by atoms with Crippen molar-refractivity contribution < 1.29 is 10.2 Å². The molecule has 0 aromatic carbocycles. The quantitative estimate of drug-likeness (QED) is 0.605. The number of hydrogen-bond donors (Lipinski definition) is 2.